The summed E-state index contributed by atoms with van der Waals surface area (Å²) >= 11 is 0. The summed E-state index contributed by atoms with van der Waals surface area (Å²) in [6, 6.07) is -0.0249. The van der Waals surface area contributed by atoms with Crippen LogP contribution >= 0.6 is 0 Å². The molecule has 1 amide bonds. The second-order valence-corrected chi connectivity index (χ2v) is 4.44. The van der Waals surface area contributed by atoms with Crippen LogP contribution in [0.1, 0.15) is 40.5 Å². The predicted octanol–water partition coefficient (Wildman–Crippen LogP) is 0.844. The average molecular weight is 214 g/mol. The number of ketones is 1. The van der Waals surface area contributed by atoms with Gasteiger partial charge in [-0.3, -0.25) is 9.59 Å². The highest BCUT2D eigenvalue weighted by Gasteiger charge is 2.21. The van der Waals surface area contributed by atoms with Crippen molar-refractivity contribution in [2.24, 2.45) is 11.7 Å². The Morgan fingerprint density at radius 2 is 1.73 bits per heavy atom. The van der Waals surface area contributed by atoms with E-state index in [1.807, 2.05) is 27.7 Å². The van der Waals surface area contributed by atoms with Gasteiger partial charge in [-0.05, 0) is 6.42 Å². The second-order valence-electron chi connectivity index (χ2n) is 4.44. The zero-order valence-electron chi connectivity index (χ0n) is 10.0. The monoisotopic (exact) mass is 214 g/mol. The van der Waals surface area contributed by atoms with Gasteiger partial charge in [0.25, 0.3) is 0 Å². The lowest BCUT2D eigenvalue weighted by Crippen LogP contribution is -2.43. The van der Waals surface area contributed by atoms with Crippen LogP contribution in [0.3, 0.4) is 0 Å². The third-order valence-corrected chi connectivity index (χ3v) is 2.13. The van der Waals surface area contributed by atoms with E-state index in [4.69, 9.17) is 5.73 Å². The van der Waals surface area contributed by atoms with Gasteiger partial charge < -0.3 is 11.1 Å². The Morgan fingerprint density at radius 3 is 2.07 bits per heavy atom. The quantitative estimate of drug-likeness (QED) is 0.659. The van der Waals surface area contributed by atoms with E-state index in [9.17, 15) is 9.59 Å². The number of hydrogen-bond acceptors (Lipinski definition) is 3. The van der Waals surface area contributed by atoms with E-state index in [-0.39, 0.29) is 36.1 Å². The molecule has 0 rings (SSSR count). The fraction of sp³-hybridized carbons (Fsp3) is 0.818. The average Bonchev–Trinajstić information content (AvgIpc) is 2.10. The molecule has 4 nitrogen and oxygen atoms in total. The van der Waals surface area contributed by atoms with Gasteiger partial charge in [0.15, 0.2) is 5.78 Å². The van der Waals surface area contributed by atoms with Crippen molar-refractivity contribution in [2.75, 3.05) is 0 Å². The first kappa shape index (κ1) is 14.1. The molecule has 88 valence electrons. The van der Waals surface area contributed by atoms with E-state index in [2.05, 4.69) is 5.32 Å². The summed E-state index contributed by atoms with van der Waals surface area (Å²) < 4.78 is 0. The van der Waals surface area contributed by atoms with Crippen molar-refractivity contribution in [3.8, 4) is 0 Å². The Bertz CT molecular complexity index is 225. The standard InChI is InChI=1S/C11H22N2O2/c1-7(2)11(15)9(13-8(3)4)5-6-10(12)14/h7-9,13H,5-6H2,1-4H3,(H2,12,14)/t9-/m0/s1. The Balaban J connectivity index is 4.30. The van der Waals surface area contributed by atoms with Crippen LogP contribution in [-0.4, -0.2) is 23.8 Å². The number of carbonyl (C=O) groups excluding carboxylic acids is 2. The van der Waals surface area contributed by atoms with Crippen LogP contribution < -0.4 is 11.1 Å². The molecule has 1 atom stereocenters. The third kappa shape index (κ3) is 6.23. The molecule has 0 aliphatic carbocycles. The van der Waals surface area contributed by atoms with Crippen LogP contribution in [0.15, 0.2) is 0 Å². The maximum Gasteiger partial charge on any atom is 0.217 e. The predicted molar refractivity (Wildman–Crippen MR) is 60.3 cm³/mol. The Morgan fingerprint density at radius 1 is 1.20 bits per heavy atom. The molecule has 4 heteroatoms. The molecule has 0 heterocycles. The summed E-state index contributed by atoms with van der Waals surface area (Å²) in [5, 5.41) is 3.16. The molecule has 0 unspecified atom stereocenters. The third-order valence-electron chi connectivity index (χ3n) is 2.13. The molecule has 15 heavy (non-hydrogen) atoms. The number of hydrogen-bond donors (Lipinski definition) is 2. The van der Waals surface area contributed by atoms with Gasteiger partial charge >= 0.3 is 0 Å². The van der Waals surface area contributed by atoms with Gasteiger partial charge in [-0.15, -0.1) is 0 Å². The van der Waals surface area contributed by atoms with Crippen LogP contribution in [0.2, 0.25) is 0 Å². The van der Waals surface area contributed by atoms with Gasteiger partial charge in [0, 0.05) is 18.4 Å². The Hall–Kier alpha value is -0.900. The summed E-state index contributed by atoms with van der Waals surface area (Å²) in [4.78, 5) is 22.4. The topological polar surface area (TPSA) is 72.2 Å². The summed E-state index contributed by atoms with van der Waals surface area (Å²) in [6.45, 7) is 7.68. The molecule has 0 aliphatic heterocycles. The van der Waals surface area contributed by atoms with E-state index >= 15 is 0 Å². The lowest BCUT2D eigenvalue weighted by molar-refractivity contribution is -0.124. The summed E-state index contributed by atoms with van der Waals surface area (Å²) in [6.07, 6.45) is 0.743. The molecular weight excluding hydrogens is 192 g/mol. The first-order valence-corrected chi connectivity index (χ1v) is 5.42. The minimum atomic E-state index is -0.359. The molecule has 3 N–H and O–H groups in total. The summed E-state index contributed by atoms with van der Waals surface area (Å²) in [7, 11) is 0. The van der Waals surface area contributed by atoms with Crippen molar-refractivity contribution in [3.05, 3.63) is 0 Å². The van der Waals surface area contributed by atoms with Crippen molar-refractivity contribution in [1.29, 1.82) is 0 Å². The second kappa shape index (κ2) is 6.56. The smallest absolute Gasteiger partial charge is 0.217 e. The van der Waals surface area contributed by atoms with E-state index in [1.165, 1.54) is 0 Å². The molecule has 0 bridgehead atoms. The molecule has 0 aromatic heterocycles. The number of carbonyl (C=O) groups is 2. The molecular formula is C11H22N2O2. The Labute approximate surface area is 91.6 Å². The van der Waals surface area contributed by atoms with Crippen molar-refractivity contribution in [3.63, 3.8) is 0 Å². The summed E-state index contributed by atoms with van der Waals surface area (Å²) in [5.74, 6) is -0.235. The number of nitrogens with one attached hydrogen (secondary N) is 1. The minimum Gasteiger partial charge on any atom is -0.370 e. The van der Waals surface area contributed by atoms with Gasteiger partial charge in [-0.1, -0.05) is 27.7 Å². The largest absolute Gasteiger partial charge is 0.370 e. The van der Waals surface area contributed by atoms with Crippen molar-refractivity contribution < 1.29 is 9.59 Å². The van der Waals surface area contributed by atoms with Gasteiger partial charge in [-0.2, -0.15) is 0 Å². The number of rotatable bonds is 7. The molecule has 0 saturated carbocycles. The summed E-state index contributed by atoms with van der Waals surface area (Å²) in [5.41, 5.74) is 5.07. The molecule has 0 aromatic rings. The fourth-order valence-corrected chi connectivity index (χ4v) is 1.40. The molecule has 0 fully saturated rings. The zero-order valence-corrected chi connectivity index (χ0v) is 10.0. The SMILES string of the molecule is CC(C)N[C@@H](CCC(N)=O)C(=O)C(C)C. The normalized spacial score (nSPS) is 13.2. The molecule has 0 aliphatic rings. The van der Waals surface area contributed by atoms with E-state index in [0.717, 1.165) is 0 Å². The molecule has 0 aromatic carbocycles. The number of primary amides is 1. The van der Waals surface area contributed by atoms with Crippen LogP contribution in [0.25, 0.3) is 0 Å². The minimum absolute atomic E-state index is 0.0193. The lowest BCUT2D eigenvalue weighted by Gasteiger charge is -2.21. The maximum absolute atomic E-state index is 11.8. The maximum atomic E-state index is 11.8. The first-order valence-electron chi connectivity index (χ1n) is 5.42. The zero-order chi connectivity index (χ0) is 12.0. The van der Waals surface area contributed by atoms with E-state index in [0.29, 0.717) is 6.42 Å². The molecule has 0 radical (unpaired) electrons. The van der Waals surface area contributed by atoms with E-state index < -0.39 is 0 Å². The molecule has 0 spiro atoms. The highest BCUT2D eigenvalue weighted by Crippen LogP contribution is 2.06. The van der Waals surface area contributed by atoms with Crippen molar-refractivity contribution in [1.82, 2.24) is 5.32 Å². The first-order chi connectivity index (χ1) is 6.84. The number of amides is 1. The van der Waals surface area contributed by atoms with Gasteiger partial charge in [-0.25, -0.2) is 0 Å². The Kier molecular flexibility index (Phi) is 6.17. The highest BCUT2D eigenvalue weighted by molar-refractivity contribution is 5.86. The van der Waals surface area contributed by atoms with Crippen molar-refractivity contribution in [2.45, 2.75) is 52.6 Å². The van der Waals surface area contributed by atoms with Crippen LogP contribution in [0.4, 0.5) is 0 Å². The van der Waals surface area contributed by atoms with Gasteiger partial charge in [0.2, 0.25) is 5.91 Å². The highest BCUT2D eigenvalue weighted by atomic mass is 16.1. The number of Topliss-reactive ketones (excluding diaryl/α,β-unsaturated/α-hetero) is 1. The van der Waals surface area contributed by atoms with Crippen molar-refractivity contribution >= 4 is 11.7 Å². The van der Waals surface area contributed by atoms with Crippen LogP contribution in [-0.2, 0) is 9.59 Å². The van der Waals surface area contributed by atoms with Crippen LogP contribution in [0.5, 0.6) is 0 Å². The van der Waals surface area contributed by atoms with Gasteiger partial charge in [0.05, 0.1) is 6.04 Å². The molecule has 0 saturated heterocycles. The van der Waals surface area contributed by atoms with Crippen LogP contribution in [0, 0.1) is 5.92 Å². The lowest BCUT2D eigenvalue weighted by atomic mass is 9.97. The fourth-order valence-electron chi connectivity index (χ4n) is 1.40. The number of nitrogens with two attached hydrogens (primary N) is 1. The van der Waals surface area contributed by atoms with Gasteiger partial charge in [0.1, 0.15) is 0 Å². The van der Waals surface area contributed by atoms with E-state index in [1.54, 1.807) is 0 Å².